The summed E-state index contributed by atoms with van der Waals surface area (Å²) >= 11 is 0. The highest BCUT2D eigenvalue weighted by Gasteiger charge is 2.28. The van der Waals surface area contributed by atoms with Gasteiger partial charge in [-0.15, -0.1) is 0 Å². The zero-order chi connectivity index (χ0) is 14.6. The van der Waals surface area contributed by atoms with E-state index >= 15 is 0 Å². The van der Waals surface area contributed by atoms with Gasteiger partial charge in [0, 0.05) is 0 Å². The van der Waals surface area contributed by atoms with Crippen molar-refractivity contribution < 1.29 is 9.53 Å². The summed E-state index contributed by atoms with van der Waals surface area (Å²) in [7, 11) is 1.62. The molecule has 4 heteroatoms. The maximum Gasteiger partial charge on any atom is 0.237 e. The van der Waals surface area contributed by atoms with Gasteiger partial charge in [-0.2, -0.15) is 0 Å². The summed E-state index contributed by atoms with van der Waals surface area (Å²) in [5, 5.41) is 2.93. The van der Waals surface area contributed by atoms with Crippen molar-refractivity contribution in [1.82, 2.24) is 5.32 Å². The minimum absolute atomic E-state index is 0.101. The Morgan fingerprint density at radius 2 is 2.00 bits per heavy atom. The molecule has 0 saturated carbocycles. The summed E-state index contributed by atoms with van der Waals surface area (Å²) in [5.41, 5.74) is 6.68. The molecule has 0 spiro atoms. The lowest BCUT2D eigenvalue weighted by atomic mass is 9.86. The van der Waals surface area contributed by atoms with Crippen molar-refractivity contribution in [3.8, 4) is 5.75 Å². The number of amides is 1. The number of methoxy groups -OCH3 is 1. The highest BCUT2D eigenvalue weighted by molar-refractivity contribution is 5.82. The monoisotopic (exact) mass is 264 g/mol. The van der Waals surface area contributed by atoms with E-state index in [0.717, 1.165) is 11.3 Å². The smallest absolute Gasteiger partial charge is 0.237 e. The molecule has 0 unspecified atom stereocenters. The van der Waals surface area contributed by atoms with E-state index in [0.29, 0.717) is 0 Å². The van der Waals surface area contributed by atoms with Gasteiger partial charge in [0.2, 0.25) is 5.91 Å². The van der Waals surface area contributed by atoms with E-state index < -0.39 is 6.04 Å². The van der Waals surface area contributed by atoms with Gasteiger partial charge in [0.25, 0.3) is 0 Å². The van der Waals surface area contributed by atoms with Gasteiger partial charge in [0.05, 0.1) is 19.2 Å². The van der Waals surface area contributed by atoms with Crippen LogP contribution < -0.4 is 15.8 Å². The number of nitrogens with two attached hydrogens (primary N) is 1. The van der Waals surface area contributed by atoms with Gasteiger partial charge in [0.1, 0.15) is 5.75 Å². The largest absolute Gasteiger partial charge is 0.497 e. The minimum atomic E-state index is -0.527. The molecule has 0 saturated heterocycles. The van der Waals surface area contributed by atoms with Crippen LogP contribution in [0, 0.1) is 5.41 Å². The predicted molar refractivity (Wildman–Crippen MR) is 77.0 cm³/mol. The van der Waals surface area contributed by atoms with Gasteiger partial charge in [-0.3, -0.25) is 4.79 Å². The third-order valence-corrected chi connectivity index (χ3v) is 3.17. The SMILES string of the molecule is COc1cccc([C@H](C)NC(=O)[C@@H](N)C(C)(C)C)c1. The molecule has 4 nitrogen and oxygen atoms in total. The molecule has 0 bridgehead atoms. The van der Waals surface area contributed by atoms with Crippen LogP contribution in [-0.4, -0.2) is 19.1 Å². The van der Waals surface area contributed by atoms with E-state index in [1.54, 1.807) is 7.11 Å². The third-order valence-electron chi connectivity index (χ3n) is 3.17. The van der Waals surface area contributed by atoms with Crippen molar-refractivity contribution >= 4 is 5.91 Å². The molecule has 0 fully saturated rings. The van der Waals surface area contributed by atoms with Crippen LogP contribution in [-0.2, 0) is 4.79 Å². The van der Waals surface area contributed by atoms with Crippen molar-refractivity contribution in [2.45, 2.75) is 39.8 Å². The summed E-state index contributed by atoms with van der Waals surface area (Å²) in [6.07, 6.45) is 0. The molecule has 1 amide bonds. The third kappa shape index (κ3) is 4.24. The fourth-order valence-electron chi connectivity index (χ4n) is 1.69. The Hall–Kier alpha value is -1.55. The lowest BCUT2D eigenvalue weighted by Gasteiger charge is -2.27. The minimum Gasteiger partial charge on any atom is -0.497 e. The molecule has 0 aliphatic carbocycles. The van der Waals surface area contributed by atoms with Crippen molar-refractivity contribution in [3.63, 3.8) is 0 Å². The van der Waals surface area contributed by atoms with E-state index in [9.17, 15) is 4.79 Å². The van der Waals surface area contributed by atoms with Crippen molar-refractivity contribution in [1.29, 1.82) is 0 Å². The first-order chi connectivity index (χ1) is 8.75. The fraction of sp³-hybridized carbons (Fsp3) is 0.533. The second-order valence-corrected chi connectivity index (χ2v) is 5.85. The molecule has 0 aromatic heterocycles. The first-order valence-corrected chi connectivity index (χ1v) is 6.45. The Bertz CT molecular complexity index is 438. The average molecular weight is 264 g/mol. The van der Waals surface area contributed by atoms with Crippen LogP contribution in [0.25, 0.3) is 0 Å². The number of rotatable bonds is 4. The molecule has 0 radical (unpaired) electrons. The number of hydrogen-bond acceptors (Lipinski definition) is 3. The summed E-state index contributed by atoms with van der Waals surface area (Å²) in [5.74, 6) is 0.640. The Morgan fingerprint density at radius 1 is 1.37 bits per heavy atom. The molecule has 1 aromatic carbocycles. The number of nitrogens with one attached hydrogen (secondary N) is 1. The van der Waals surface area contributed by atoms with Crippen LogP contribution in [0.4, 0.5) is 0 Å². The van der Waals surface area contributed by atoms with Crippen LogP contribution in [0.2, 0.25) is 0 Å². The number of ether oxygens (including phenoxy) is 1. The molecule has 1 rings (SSSR count). The lowest BCUT2D eigenvalue weighted by Crippen LogP contribution is -2.49. The molecular weight excluding hydrogens is 240 g/mol. The Labute approximate surface area is 115 Å². The van der Waals surface area contributed by atoms with Crippen LogP contribution in [0.5, 0.6) is 5.75 Å². The topological polar surface area (TPSA) is 64.3 Å². The average Bonchev–Trinajstić information content (AvgIpc) is 2.36. The van der Waals surface area contributed by atoms with E-state index in [1.165, 1.54) is 0 Å². The lowest BCUT2D eigenvalue weighted by molar-refractivity contribution is -0.125. The molecule has 1 aromatic rings. The Kier molecular flexibility index (Phi) is 4.95. The van der Waals surface area contributed by atoms with Crippen LogP contribution >= 0.6 is 0 Å². The van der Waals surface area contributed by atoms with Gasteiger partial charge in [-0.1, -0.05) is 32.9 Å². The fourth-order valence-corrected chi connectivity index (χ4v) is 1.69. The second kappa shape index (κ2) is 6.06. The molecule has 106 valence electrons. The van der Waals surface area contributed by atoms with Crippen LogP contribution in [0.15, 0.2) is 24.3 Å². The highest BCUT2D eigenvalue weighted by Crippen LogP contribution is 2.21. The summed E-state index contributed by atoms with van der Waals surface area (Å²) in [6, 6.07) is 7.01. The molecular formula is C15H24N2O2. The van der Waals surface area contributed by atoms with Gasteiger partial charge in [-0.05, 0) is 30.0 Å². The molecule has 0 aliphatic rings. The summed E-state index contributed by atoms with van der Waals surface area (Å²) in [6.45, 7) is 7.79. The maximum absolute atomic E-state index is 12.1. The Balaban J connectivity index is 2.74. The zero-order valence-electron chi connectivity index (χ0n) is 12.4. The number of hydrogen-bond donors (Lipinski definition) is 2. The first-order valence-electron chi connectivity index (χ1n) is 6.45. The van der Waals surface area contributed by atoms with Crippen molar-refractivity contribution in [2.24, 2.45) is 11.1 Å². The maximum atomic E-state index is 12.1. The number of carbonyl (C=O) groups is 1. The van der Waals surface area contributed by atoms with Gasteiger partial charge >= 0.3 is 0 Å². The van der Waals surface area contributed by atoms with Crippen molar-refractivity contribution in [3.05, 3.63) is 29.8 Å². The van der Waals surface area contributed by atoms with Crippen LogP contribution in [0.3, 0.4) is 0 Å². The van der Waals surface area contributed by atoms with E-state index in [4.69, 9.17) is 10.5 Å². The second-order valence-electron chi connectivity index (χ2n) is 5.85. The predicted octanol–water partition coefficient (Wildman–Crippen LogP) is 2.25. The molecule has 0 heterocycles. The standard InChI is InChI=1S/C15H24N2O2/c1-10(11-7-6-8-12(9-11)19-5)17-14(18)13(16)15(2,3)4/h6-10,13H,16H2,1-5H3,(H,17,18)/t10-,13+/m0/s1. The van der Waals surface area contributed by atoms with Gasteiger partial charge in [-0.25, -0.2) is 0 Å². The molecule has 0 aliphatic heterocycles. The first kappa shape index (κ1) is 15.5. The number of carbonyl (C=O) groups excluding carboxylic acids is 1. The quantitative estimate of drug-likeness (QED) is 0.876. The Morgan fingerprint density at radius 3 is 2.53 bits per heavy atom. The summed E-state index contributed by atoms with van der Waals surface area (Å²) < 4.78 is 5.17. The molecule has 3 N–H and O–H groups in total. The highest BCUT2D eigenvalue weighted by atomic mass is 16.5. The molecule has 19 heavy (non-hydrogen) atoms. The molecule has 2 atom stereocenters. The number of benzene rings is 1. The normalized spacial score (nSPS) is 14.6. The summed E-state index contributed by atoms with van der Waals surface area (Å²) in [4.78, 5) is 12.1. The van der Waals surface area contributed by atoms with Gasteiger partial charge in [0.15, 0.2) is 0 Å². The van der Waals surface area contributed by atoms with Crippen LogP contribution in [0.1, 0.15) is 39.3 Å². The zero-order valence-corrected chi connectivity index (χ0v) is 12.4. The van der Waals surface area contributed by atoms with E-state index in [1.807, 2.05) is 52.0 Å². The van der Waals surface area contributed by atoms with Crippen molar-refractivity contribution in [2.75, 3.05) is 7.11 Å². The van der Waals surface area contributed by atoms with E-state index in [2.05, 4.69) is 5.32 Å². The van der Waals surface area contributed by atoms with E-state index in [-0.39, 0.29) is 17.4 Å². The van der Waals surface area contributed by atoms with Gasteiger partial charge < -0.3 is 15.8 Å².